The van der Waals surface area contributed by atoms with Crippen LogP contribution in [0.4, 0.5) is 0 Å². The van der Waals surface area contributed by atoms with Crippen LogP contribution in [0.15, 0.2) is 49.1 Å². The molecule has 146 valence electrons. The van der Waals surface area contributed by atoms with Crippen LogP contribution >= 0.6 is 0 Å². The maximum Gasteiger partial charge on any atom is 0.261 e. The second-order valence-electron chi connectivity index (χ2n) is 7.27. The van der Waals surface area contributed by atoms with Gasteiger partial charge in [-0.15, -0.1) is 0 Å². The Labute approximate surface area is 164 Å². The van der Waals surface area contributed by atoms with E-state index in [0.717, 1.165) is 38.1 Å². The van der Waals surface area contributed by atoms with Crippen molar-refractivity contribution >= 4 is 11.8 Å². The van der Waals surface area contributed by atoms with Crippen molar-refractivity contribution in [1.29, 1.82) is 0 Å². The third-order valence-corrected chi connectivity index (χ3v) is 5.38. The molecule has 1 aromatic carbocycles. The van der Waals surface area contributed by atoms with Crippen LogP contribution in [0, 0.1) is 0 Å². The number of nitrogens with zero attached hydrogens (tertiary/aromatic N) is 4. The first-order chi connectivity index (χ1) is 13.7. The summed E-state index contributed by atoms with van der Waals surface area (Å²) in [5, 5.41) is 0. The van der Waals surface area contributed by atoms with Gasteiger partial charge in [0.25, 0.3) is 11.8 Å². The molecule has 2 aliphatic heterocycles. The molecule has 7 heteroatoms. The van der Waals surface area contributed by atoms with Crippen LogP contribution in [0.1, 0.15) is 58.4 Å². The van der Waals surface area contributed by atoms with Gasteiger partial charge in [-0.05, 0) is 25.0 Å². The van der Waals surface area contributed by atoms with Crippen molar-refractivity contribution in [3.8, 4) is 0 Å². The minimum atomic E-state index is -0.160. The first-order valence-electron chi connectivity index (χ1n) is 9.77. The predicted octanol–water partition coefficient (Wildman–Crippen LogP) is 2.98. The number of aromatic nitrogens is 2. The lowest BCUT2D eigenvalue weighted by atomic mass is 10.1. The number of benzene rings is 1. The maximum atomic E-state index is 12.4. The van der Waals surface area contributed by atoms with Crippen LogP contribution in [-0.2, 0) is 0 Å². The van der Waals surface area contributed by atoms with E-state index in [0.29, 0.717) is 17.7 Å². The van der Waals surface area contributed by atoms with Gasteiger partial charge in [-0.25, -0.2) is 4.98 Å². The zero-order chi connectivity index (χ0) is 19.5. The number of hydrogen-bond donors (Lipinski definition) is 1. The highest BCUT2D eigenvalue weighted by Gasteiger charge is 2.34. The van der Waals surface area contributed by atoms with E-state index in [1.54, 1.807) is 30.5 Å². The molecular formula is C21H25N5O2. The molecule has 0 fully saturated rings. The van der Waals surface area contributed by atoms with Gasteiger partial charge in [0.05, 0.1) is 11.1 Å². The molecule has 1 atom stereocenters. The first-order valence-corrected chi connectivity index (χ1v) is 9.77. The van der Waals surface area contributed by atoms with E-state index < -0.39 is 0 Å². The van der Waals surface area contributed by atoms with Crippen molar-refractivity contribution < 1.29 is 9.59 Å². The Morgan fingerprint density at radius 1 is 0.964 bits per heavy atom. The SMILES string of the molecule is CN1C=CN(CCCCCCN2C(=O)c3ccccc3C2=O)C1c1ncc[nH]1. The third kappa shape index (κ3) is 3.40. The standard InChI is InChI=1S/C21H25N5O2/c1-24-14-15-25(19(24)18-22-10-11-23-18)12-6-2-3-7-13-26-20(27)16-8-4-5-9-17(16)21(26)28/h4-5,8-11,14-15,19H,2-3,6-7,12-13H2,1H3,(H,22,23). The lowest BCUT2D eigenvalue weighted by Gasteiger charge is -2.28. The lowest BCUT2D eigenvalue weighted by molar-refractivity contribution is 0.0651. The van der Waals surface area contributed by atoms with Crippen molar-refractivity contribution in [1.82, 2.24) is 24.7 Å². The fraction of sp³-hybridized carbons (Fsp3) is 0.381. The van der Waals surface area contributed by atoms with Crippen LogP contribution in [0.2, 0.25) is 0 Å². The Balaban J connectivity index is 1.20. The summed E-state index contributed by atoms with van der Waals surface area (Å²) in [6, 6.07) is 7.05. The van der Waals surface area contributed by atoms with Crippen LogP contribution in [0.25, 0.3) is 0 Å². The van der Waals surface area contributed by atoms with E-state index in [1.807, 2.05) is 13.2 Å². The van der Waals surface area contributed by atoms with Crippen molar-refractivity contribution in [3.63, 3.8) is 0 Å². The summed E-state index contributed by atoms with van der Waals surface area (Å²) in [7, 11) is 2.05. The van der Waals surface area contributed by atoms with Crippen LogP contribution in [0.3, 0.4) is 0 Å². The number of carbonyl (C=O) groups excluding carboxylic acids is 2. The minimum absolute atomic E-state index is 0.119. The van der Waals surface area contributed by atoms with Crippen molar-refractivity contribution in [2.75, 3.05) is 20.1 Å². The molecule has 1 aromatic heterocycles. The normalized spacial score (nSPS) is 18.5. The second-order valence-corrected chi connectivity index (χ2v) is 7.27. The molecule has 2 aromatic rings. The first kappa shape index (κ1) is 18.3. The summed E-state index contributed by atoms with van der Waals surface area (Å²) in [5.41, 5.74) is 1.06. The molecule has 0 bridgehead atoms. The summed E-state index contributed by atoms with van der Waals surface area (Å²) in [6.45, 7) is 1.44. The van der Waals surface area contributed by atoms with Gasteiger partial charge < -0.3 is 14.8 Å². The lowest BCUT2D eigenvalue weighted by Crippen LogP contribution is -2.31. The molecule has 4 rings (SSSR count). The van der Waals surface area contributed by atoms with E-state index in [-0.39, 0.29) is 18.0 Å². The Kier molecular flexibility index (Phi) is 5.14. The van der Waals surface area contributed by atoms with E-state index in [4.69, 9.17) is 0 Å². The predicted molar refractivity (Wildman–Crippen MR) is 105 cm³/mol. The van der Waals surface area contributed by atoms with E-state index >= 15 is 0 Å². The molecule has 0 aliphatic carbocycles. The van der Waals surface area contributed by atoms with Gasteiger partial charge >= 0.3 is 0 Å². The molecule has 1 N–H and O–H groups in total. The highest BCUT2D eigenvalue weighted by Crippen LogP contribution is 2.27. The monoisotopic (exact) mass is 379 g/mol. The molecule has 0 saturated heterocycles. The Hall–Kier alpha value is -3.09. The van der Waals surface area contributed by atoms with Gasteiger partial charge in [0.15, 0.2) is 6.17 Å². The smallest absolute Gasteiger partial charge is 0.261 e. The summed E-state index contributed by atoms with van der Waals surface area (Å²) < 4.78 is 0. The molecule has 0 radical (unpaired) electrons. The highest BCUT2D eigenvalue weighted by molar-refractivity contribution is 6.21. The number of carbonyl (C=O) groups is 2. The minimum Gasteiger partial charge on any atom is -0.353 e. The number of imidazole rings is 1. The Bertz CT molecular complexity index is 842. The number of rotatable bonds is 8. The zero-order valence-electron chi connectivity index (χ0n) is 16.0. The Morgan fingerprint density at radius 3 is 2.29 bits per heavy atom. The number of hydrogen-bond acceptors (Lipinski definition) is 5. The molecule has 28 heavy (non-hydrogen) atoms. The number of unbranched alkanes of at least 4 members (excludes halogenated alkanes) is 3. The van der Waals surface area contributed by atoms with Gasteiger partial charge in [-0.2, -0.15) is 0 Å². The molecule has 0 spiro atoms. The quantitative estimate of drug-likeness (QED) is 0.564. The Morgan fingerprint density at radius 2 is 1.64 bits per heavy atom. The second kappa shape index (κ2) is 7.88. The van der Waals surface area contributed by atoms with Crippen molar-refractivity contribution in [3.05, 3.63) is 66.0 Å². The largest absolute Gasteiger partial charge is 0.353 e. The molecule has 1 unspecified atom stereocenters. The van der Waals surface area contributed by atoms with Gasteiger partial charge in [-0.3, -0.25) is 14.5 Å². The maximum absolute atomic E-state index is 12.4. The summed E-state index contributed by atoms with van der Waals surface area (Å²) in [4.78, 5) is 38.1. The number of fused-ring (bicyclic) bond motifs is 1. The fourth-order valence-electron chi connectivity index (χ4n) is 3.91. The van der Waals surface area contributed by atoms with Crippen LogP contribution in [0.5, 0.6) is 0 Å². The number of amides is 2. The number of nitrogens with one attached hydrogen (secondary N) is 1. The molecule has 3 heterocycles. The van der Waals surface area contributed by atoms with Gasteiger partial charge in [0, 0.05) is 44.9 Å². The summed E-state index contributed by atoms with van der Waals surface area (Å²) in [5.74, 6) is 0.623. The topological polar surface area (TPSA) is 72.5 Å². The molecule has 0 saturated carbocycles. The van der Waals surface area contributed by atoms with Gasteiger partial charge in [-0.1, -0.05) is 25.0 Å². The van der Waals surface area contributed by atoms with Gasteiger partial charge in [0.2, 0.25) is 0 Å². The zero-order valence-corrected chi connectivity index (χ0v) is 16.0. The summed E-state index contributed by atoms with van der Waals surface area (Å²) in [6.07, 6.45) is 11.8. The van der Waals surface area contributed by atoms with Crippen molar-refractivity contribution in [2.45, 2.75) is 31.8 Å². The van der Waals surface area contributed by atoms with Crippen LogP contribution in [-0.4, -0.2) is 56.6 Å². The molecular weight excluding hydrogens is 354 g/mol. The average Bonchev–Trinajstić information content (AvgIpc) is 3.40. The third-order valence-electron chi connectivity index (χ3n) is 5.38. The van der Waals surface area contributed by atoms with E-state index in [9.17, 15) is 9.59 Å². The summed E-state index contributed by atoms with van der Waals surface area (Å²) >= 11 is 0. The number of H-pyrrole nitrogens is 1. The van der Waals surface area contributed by atoms with Crippen LogP contribution < -0.4 is 0 Å². The highest BCUT2D eigenvalue weighted by atomic mass is 16.2. The van der Waals surface area contributed by atoms with Crippen molar-refractivity contribution in [2.24, 2.45) is 0 Å². The molecule has 7 nitrogen and oxygen atoms in total. The van der Waals surface area contributed by atoms with E-state index in [2.05, 4.69) is 32.2 Å². The van der Waals surface area contributed by atoms with E-state index in [1.165, 1.54) is 4.90 Å². The number of imide groups is 1. The van der Waals surface area contributed by atoms with Gasteiger partial charge in [0.1, 0.15) is 5.82 Å². The number of aromatic amines is 1. The molecule has 2 amide bonds. The average molecular weight is 379 g/mol. The fourth-order valence-corrected chi connectivity index (χ4v) is 3.91. The molecule has 2 aliphatic rings.